The number of nitrogens with zero attached hydrogens (tertiary/aromatic N) is 2. The summed E-state index contributed by atoms with van der Waals surface area (Å²) in [4.78, 5) is 2.56. The van der Waals surface area contributed by atoms with Crippen LogP contribution in [-0.4, -0.2) is 37.4 Å². The van der Waals surface area contributed by atoms with Crippen molar-refractivity contribution in [3.63, 3.8) is 0 Å². The van der Waals surface area contributed by atoms with Gasteiger partial charge in [-0.3, -0.25) is 0 Å². The van der Waals surface area contributed by atoms with Gasteiger partial charge in [-0.25, -0.2) is 0 Å². The van der Waals surface area contributed by atoms with Crippen LogP contribution in [-0.2, 0) is 13.0 Å². The summed E-state index contributed by atoms with van der Waals surface area (Å²) in [5, 5.41) is 4.60. The van der Waals surface area contributed by atoms with Crippen molar-refractivity contribution in [1.29, 1.82) is 0 Å². The first-order chi connectivity index (χ1) is 14.0. The number of likely N-dealkylation sites (tertiary alicyclic amines) is 1. The summed E-state index contributed by atoms with van der Waals surface area (Å²) in [5.74, 6) is 1.96. The molecule has 2 aromatic carbocycles. The molecular weight excluding hydrogens is 377 g/mol. The van der Waals surface area contributed by atoms with E-state index in [1.165, 1.54) is 24.1 Å². The van der Waals surface area contributed by atoms with Crippen molar-refractivity contribution in [2.45, 2.75) is 25.7 Å². The summed E-state index contributed by atoms with van der Waals surface area (Å²) < 4.78 is 40.9. The monoisotopic (exact) mass is 403 g/mol. The number of aryl methyl sites for hydroxylation is 1. The lowest BCUT2D eigenvalue weighted by Crippen LogP contribution is -2.26. The van der Waals surface area contributed by atoms with E-state index < -0.39 is 6.36 Å². The molecule has 6 heteroatoms. The highest BCUT2D eigenvalue weighted by Crippen LogP contribution is 2.52. The Morgan fingerprint density at radius 2 is 1.69 bits per heavy atom. The number of ether oxygens (including phenoxy) is 1. The van der Waals surface area contributed by atoms with Gasteiger partial charge < -0.3 is 15.0 Å². The predicted molar refractivity (Wildman–Crippen MR) is 107 cm³/mol. The van der Waals surface area contributed by atoms with Crippen LogP contribution in [0.25, 0.3) is 5.32 Å². The summed E-state index contributed by atoms with van der Waals surface area (Å²) in [6, 6.07) is 16.7. The molecule has 1 saturated carbocycles. The molecule has 0 aromatic heterocycles. The van der Waals surface area contributed by atoms with E-state index in [0.29, 0.717) is 12.5 Å². The van der Waals surface area contributed by atoms with Gasteiger partial charge in [0.05, 0.1) is 0 Å². The van der Waals surface area contributed by atoms with E-state index in [1.54, 1.807) is 12.1 Å². The maximum absolute atomic E-state index is 12.3. The first kappa shape index (κ1) is 20.2. The van der Waals surface area contributed by atoms with E-state index in [4.69, 9.17) is 0 Å². The largest absolute Gasteiger partial charge is 0.658 e. The van der Waals surface area contributed by atoms with Gasteiger partial charge in [-0.1, -0.05) is 53.9 Å². The third-order valence-electron chi connectivity index (χ3n) is 6.00. The number of hydrogen-bond acceptors (Lipinski definition) is 2. The number of piperidine rings is 1. The van der Waals surface area contributed by atoms with Gasteiger partial charge in [0.25, 0.3) is 0 Å². The SMILES string of the molecule is FC(F)(F)Oc1cccc(C[N-]CC2C3CN(CCCc4ccccc4)CC23)c1. The molecule has 0 N–H and O–H groups in total. The molecule has 1 heterocycles. The van der Waals surface area contributed by atoms with Crippen LogP contribution in [0, 0.1) is 17.8 Å². The fourth-order valence-electron chi connectivity index (χ4n) is 4.53. The van der Waals surface area contributed by atoms with Gasteiger partial charge >= 0.3 is 6.36 Å². The number of fused-ring (bicyclic) bond motifs is 1. The first-order valence-electron chi connectivity index (χ1n) is 10.2. The van der Waals surface area contributed by atoms with Gasteiger partial charge in [-0.05, 0) is 48.9 Å². The van der Waals surface area contributed by atoms with Crippen molar-refractivity contribution < 1.29 is 17.9 Å². The second-order valence-corrected chi connectivity index (χ2v) is 8.10. The summed E-state index contributed by atoms with van der Waals surface area (Å²) in [6.07, 6.45) is -2.34. The smallest absolute Gasteiger partial charge is 0.573 e. The lowest BCUT2D eigenvalue weighted by Gasteiger charge is -2.24. The van der Waals surface area contributed by atoms with E-state index in [9.17, 15) is 13.2 Å². The van der Waals surface area contributed by atoms with E-state index >= 15 is 0 Å². The molecule has 0 bridgehead atoms. The standard InChI is InChI=1S/C23H26F3N2O/c24-23(25,26)29-19-10-4-8-18(12-19)13-27-14-20-21-15-28(16-22(20)21)11-5-9-17-6-2-1-3-7-17/h1-4,6-8,10,12,20-22H,5,9,11,13-16H2/q-1. The molecule has 4 rings (SSSR count). The van der Waals surface area contributed by atoms with Crippen molar-refractivity contribution in [2.75, 3.05) is 26.2 Å². The Balaban J connectivity index is 1.12. The minimum Gasteiger partial charge on any atom is -0.658 e. The molecule has 1 aliphatic heterocycles. The first-order valence-corrected chi connectivity index (χ1v) is 10.2. The minimum atomic E-state index is -4.66. The molecule has 1 aliphatic carbocycles. The van der Waals surface area contributed by atoms with Crippen LogP contribution in [0.2, 0.25) is 0 Å². The molecule has 0 spiro atoms. The second kappa shape index (κ2) is 8.76. The molecule has 0 radical (unpaired) electrons. The zero-order chi connectivity index (χ0) is 20.3. The highest BCUT2D eigenvalue weighted by molar-refractivity contribution is 5.30. The summed E-state index contributed by atoms with van der Waals surface area (Å²) >= 11 is 0. The molecule has 1 saturated heterocycles. The molecule has 2 aromatic rings. The second-order valence-electron chi connectivity index (χ2n) is 8.10. The van der Waals surface area contributed by atoms with Gasteiger partial charge in [0.1, 0.15) is 5.75 Å². The third kappa shape index (κ3) is 5.73. The average Bonchev–Trinajstić information content (AvgIpc) is 3.12. The van der Waals surface area contributed by atoms with Crippen molar-refractivity contribution in [2.24, 2.45) is 17.8 Å². The number of halogens is 3. The van der Waals surface area contributed by atoms with E-state index in [0.717, 1.165) is 50.0 Å². The average molecular weight is 403 g/mol. The fraction of sp³-hybridized carbons (Fsp3) is 0.478. The number of rotatable bonds is 9. The van der Waals surface area contributed by atoms with Crippen molar-refractivity contribution >= 4 is 0 Å². The molecule has 29 heavy (non-hydrogen) atoms. The van der Waals surface area contributed by atoms with Crippen LogP contribution < -0.4 is 4.74 Å². The molecule has 156 valence electrons. The Bertz CT molecular complexity index is 784. The summed E-state index contributed by atoms with van der Waals surface area (Å²) in [7, 11) is 0. The topological polar surface area (TPSA) is 26.6 Å². The van der Waals surface area contributed by atoms with Crippen LogP contribution in [0.1, 0.15) is 17.5 Å². The molecule has 2 unspecified atom stereocenters. The third-order valence-corrected chi connectivity index (χ3v) is 6.00. The zero-order valence-corrected chi connectivity index (χ0v) is 16.3. The Hall–Kier alpha value is -2.05. The maximum Gasteiger partial charge on any atom is 0.573 e. The Labute approximate surface area is 169 Å². The van der Waals surface area contributed by atoms with Crippen LogP contribution in [0.3, 0.4) is 0 Å². The van der Waals surface area contributed by atoms with E-state index in [-0.39, 0.29) is 5.75 Å². The van der Waals surface area contributed by atoms with E-state index in [1.807, 2.05) is 0 Å². The van der Waals surface area contributed by atoms with Crippen LogP contribution in [0.4, 0.5) is 13.2 Å². The molecular formula is C23H26F3N2O-. The quantitative estimate of drug-likeness (QED) is 0.570. The Morgan fingerprint density at radius 3 is 2.41 bits per heavy atom. The zero-order valence-electron chi connectivity index (χ0n) is 16.3. The van der Waals surface area contributed by atoms with Gasteiger partial charge in [-0.15, -0.1) is 26.3 Å². The normalized spacial score (nSPS) is 23.8. The molecule has 2 atom stereocenters. The van der Waals surface area contributed by atoms with Crippen molar-refractivity contribution in [1.82, 2.24) is 4.90 Å². The molecule has 3 nitrogen and oxygen atoms in total. The van der Waals surface area contributed by atoms with Gasteiger partial charge in [0.2, 0.25) is 0 Å². The van der Waals surface area contributed by atoms with Gasteiger partial charge in [-0.2, -0.15) is 0 Å². The van der Waals surface area contributed by atoms with Crippen LogP contribution in [0.5, 0.6) is 5.75 Å². The maximum atomic E-state index is 12.3. The van der Waals surface area contributed by atoms with Crippen molar-refractivity contribution in [3.05, 3.63) is 71.0 Å². The molecule has 2 aliphatic rings. The highest BCUT2D eigenvalue weighted by atomic mass is 19.4. The summed E-state index contributed by atoms with van der Waals surface area (Å²) in [6.45, 7) is 4.71. The molecule has 0 amide bonds. The molecule has 2 fully saturated rings. The fourth-order valence-corrected chi connectivity index (χ4v) is 4.53. The van der Waals surface area contributed by atoms with Crippen molar-refractivity contribution in [3.8, 4) is 5.75 Å². The number of benzene rings is 2. The van der Waals surface area contributed by atoms with Crippen LogP contribution in [0.15, 0.2) is 54.6 Å². The predicted octanol–water partition coefficient (Wildman–Crippen LogP) is 5.27. The van der Waals surface area contributed by atoms with E-state index in [2.05, 4.69) is 45.3 Å². The lowest BCUT2D eigenvalue weighted by molar-refractivity contribution is -0.274. The minimum absolute atomic E-state index is 0.181. The lowest BCUT2D eigenvalue weighted by atomic mass is 10.1. The van der Waals surface area contributed by atoms with Gasteiger partial charge in [0.15, 0.2) is 0 Å². The highest BCUT2D eigenvalue weighted by Gasteiger charge is 2.52. The Morgan fingerprint density at radius 1 is 0.966 bits per heavy atom. The Kier molecular flexibility index (Phi) is 6.11. The summed E-state index contributed by atoms with van der Waals surface area (Å²) in [5.41, 5.74) is 2.15. The number of alkyl halides is 3. The van der Waals surface area contributed by atoms with Crippen LogP contribution >= 0.6 is 0 Å². The van der Waals surface area contributed by atoms with Gasteiger partial charge in [0, 0.05) is 13.1 Å². The number of hydrogen-bond donors (Lipinski definition) is 0.